The Morgan fingerprint density at radius 1 is 1.18 bits per heavy atom. The van der Waals surface area contributed by atoms with Crippen LogP contribution >= 0.6 is 0 Å². The zero-order valence-corrected chi connectivity index (χ0v) is 9.71. The summed E-state index contributed by atoms with van der Waals surface area (Å²) in [7, 11) is 0. The summed E-state index contributed by atoms with van der Waals surface area (Å²) in [6, 6.07) is 10.2. The second-order valence-electron chi connectivity index (χ2n) is 4.91. The van der Waals surface area contributed by atoms with E-state index in [0.717, 1.165) is 6.42 Å². The van der Waals surface area contributed by atoms with Gasteiger partial charge in [0.05, 0.1) is 13.2 Å². The first-order valence-corrected chi connectivity index (χ1v) is 6.17. The van der Waals surface area contributed by atoms with Gasteiger partial charge in [-0.05, 0) is 11.5 Å². The molecule has 88 valence electrons. The molecule has 1 saturated carbocycles. The van der Waals surface area contributed by atoms with E-state index < -0.39 is 0 Å². The molecular weight excluding hydrogens is 212 g/mol. The molecule has 2 heteroatoms. The van der Waals surface area contributed by atoms with Gasteiger partial charge in [-0.3, -0.25) is 4.79 Å². The highest BCUT2D eigenvalue weighted by molar-refractivity contribution is 5.87. The smallest absolute Gasteiger partial charge is 0.140 e. The third-order valence-electron chi connectivity index (χ3n) is 3.81. The molecule has 0 heterocycles. The lowest BCUT2D eigenvalue weighted by atomic mass is 9.97. The average Bonchev–Trinajstić information content (AvgIpc) is 2.87. The molecule has 0 N–H and O–H groups in total. The highest BCUT2D eigenvalue weighted by atomic mass is 16.5. The Kier molecular flexibility index (Phi) is 2.81. The molecule has 2 aliphatic rings. The van der Waals surface area contributed by atoms with E-state index in [-0.39, 0.29) is 5.92 Å². The van der Waals surface area contributed by atoms with Gasteiger partial charge < -0.3 is 4.74 Å². The fraction of sp³-hybridized carbons (Fsp3) is 0.400. The summed E-state index contributed by atoms with van der Waals surface area (Å²) in [6.45, 7) is 1.34. The molecule has 0 aromatic heterocycles. The third kappa shape index (κ3) is 2.05. The van der Waals surface area contributed by atoms with Crippen LogP contribution in [-0.4, -0.2) is 12.4 Å². The number of allylic oxidation sites excluding steroid dienone is 2. The fourth-order valence-corrected chi connectivity index (χ4v) is 2.86. The van der Waals surface area contributed by atoms with E-state index in [1.807, 2.05) is 18.2 Å². The van der Waals surface area contributed by atoms with E-state index in [4.69, 9.17) is 4.74 Å². The van der Waals surface area contributed by atoms with Crippen molar-refractivity contribution in [1.82, 2.24) is 0 Å². The summed E-state index contributed by atoms with van der Waals surface area (Å²) < 4.78 is 5.74. The van der Waals surface area contributed by atoms with Crippen molar-refractivity contribution in [3.05, 3.63) is 48.0 Å². The average molecular weight is 228 g/mol. The zero-order valence-electron chi connectivity index (χ0n) is 9.71. The largest absolute Gasteiger partial charge is 0.376 e. The van der Waals surface area contributed by atoms with Crippen LogP contribution in [-0.2, 0) is 16.1 Å². The topological polar surface area (TPSA) is 26.3 Å². The first-order chi connectivity index (χ1) is 8.34. The summed E-state index contributed by atoms with van der Waals surface area (Å²) in [5.74, 6) is 1.36. The summed E-state index contributed by atoms with van der Waals surface area (Å²) in [6.07, 6.45) is 4.97. The normalized spacial score (nSPS) is 30.1. The molecule has 1 aromatic rings. The van der Waals surface area contributed by atoms with Crippen molar-refractivity contribution in [3.8, 4) is 0 Å². The summed E-state index contributed by atoms with van der Waals surface area (Å²) in [5, 5.41) is 0. The van der Waals surface area contributed by atoms with Gasteiger partial charge in [-0.2, -0.15) is 0 Å². The Balaban J connectivity index is 1.52. The summed E-state index contributed by atoms with van der Waals surface area (Å²) >= 11 is 0. The van der Waals surface area contributed by atoms with Crippen molar-refractivity contribution >= 4 is 5.78 Å². The maximum atomic E-state index is 11.6. The fourth-order valence-electron chi connectivity index (χ4n) is 2.86. The van der Waals surface area contributed by atoms with Crippen LogP contribution in [0.25, 0.3) is 0 Å². The van der Waals surface area contributed by atoms with E-state index in [0.29, 0.717) is 30.8 Å². The van der Waals surface area contributed by atoms with Crippen molar-refractivity contribution in [1.29, 1.82) is 0 Å². The van der Waals surface area contributed by atoms with Crippen LogP contribution in [0.5, 0.6) is 0 Å². The second-order valence-corrected chi connectivity index (χ2v) is 4.91. The van der Waals surface area contributed by atoms with Crippen LogP contribution in [0.2, 0.25) is 0 Å². The molecule has 3 atom stereocenters. The molecule has 0 aliphatic heterocycles. The minimum atomic E-state index is 0.135. The number of benzene rings is 1. The lowest BCUT2D eigenvalue weighted by Gasteiger charge is -2.14. The lowest BCUT2D eigenvalue weighted by Crippen LogP contribution is -2.16. The van der Waals surface area contributed by atoms with Gasteiger partial charge in [0.15, 0.2) is 0 Å². The van der Waals surface area contributed by atoms with Gasteiger partial charge in [-0.25, -0.2) is 0 Å². The van der Waals surface area contributed by atoms with Crippen LogP contribution in [0.3, 0.4) is 0 Å². The first-order valence-electron chi connectivity index (χ1n) is 6.17. The number of hydrogen-bond donors (Lipinski definition) is 0. The van der Waals surface area contributed by atoms with Crippen molar-refractivity contribution in [3.63, 3.8) is 0 Å². The Morgan fingerprint density at radius 3 is 2.65 bits per heavy atom. The number of Topliss-reactive ketones (excluding diaryl/α,β-unsaturated/α-hetero) is 1. The van der Waals surface area contributed by atoms with Crippen molar-refractivity contribution < 1.29 is 9.53 Å². The molecule has 1 fully saturated rings. The maximum Gasteiger partial charge on any atom is 0.140 e. The van der Waals surface area contributed by atoms with Crippen LogP contribution in [0.15, 0.2) is 42.5 Å². The van der Waals surface area contributed by atoms with Crippen molar-refractivity contribution in [2.45, 2.75) is 13.0 Å². The minimum Gasteiger partial charge on any atom is -0.376 e. The molecule has 3 rings (SSSR count). The third-order valence-corrected chi connectivity index (χ3v) is 3.81. The number of rotatable bonds is 4. The van der Waals surface area contributed by atoms with Crippen LogP contribution in [0.4, 0.5) is 0 Å². The molecule has 2 aliphatic carbocycles. The Morgan fingerprint density at radius 2 is 2.00 bits per heavy atom. The van der Waals surface area contributed by atoms with E-state index in [1.54, 1.807) is 0 Å². The van der Waals surface area contributed by atoms with E-state index >= 15 is 0 Å². The number of ether oxygens (including phenoxy) is 1. The number of hydrogen-bond acceptors (Lipinski definition) is 2. The van der Waals surface area contributed by atoms with Gasteiger partial charge >= 0.3 is 0 Å². The number of carbonyl (C=O) groups is 1. The summed E-state index contributed by atoms with van der Waals surface area (Å²) in [4.78, 5) is 11.6. The molecule has 0 amide bonds. The predicted octanol–water partition coefficient (Wildman–Crippen LogP) is 2.59. The molecule has 0 radical (unpaired) electrons. The second kappa shape index (κ2) is 4.46. The first kappa shape index (κ1) is 10.7. The maximum absolute atomic E-state index is 11.6. The lowest BCUT2D eigenvalue weighted by molar-refractivity contribution is -0.120. The van der Waals surface area contributed by atoms with Crippen LogP contribution in [0, 0.1) is 17.8 Å². The zero-order chi connectivity index (χ0) is 11.7. The predicted molar refractivity (Wildman–Crippen MR) is 65.3 cm³/mol. The number of carbonyl (C=O) groups excluding carboxylic acids is 1. The summed E-state index contributed by atoms with van der Waals surface area (Å²) in [5.41, 5.74) is 1.19. The van der Waals surface area contributed by atoms with Gasteiger partial charge in [-0.15, -0.1) is 0 Å². The van der Waals surface area contributed by atoms with Gasteiger partial charge in [-0.1, -0.05) is 42.5 Å². The molecule has 2 nitrogen and oxygen atoms in total. The highest BCUT2D eigenvalue weighted by Crippen LogP contribution is 2.42. The van der Waals surface area contributed by atoms with Gasteiger partial charge in [0.2, 0.25) is 0 Å². The van der Waals surface area contributed by atoms with E-state index in [2.05, 4.69) is 24.3 Å². The quantitative estimate of drug-likeness (QED) is 0.740. The number of fused-ring (bicyclic) bond motifs is 2. The van der Waals surface area contributed by atoms with Gasteiger partial charge in [0.1, 0.15) is 5.78 Å². The van der Waals surface area contributed by atoms with Crippen molar-refractivity contribution in [2.24, 2.45) is 17.8 Å². The molecular formula is C15H16O2. The Bertz CT molecular complexity index is 435. The van der Waals surface area contributed by atoms with Crippen molar-refractivity contribution in [2.75, 3.05) is 6.61 Å². The standard InChI is InChI=1S/C15H16O2/c16-15-8-12-6-7-13(15)14(12)10-17-9-11-4-2-1-3-5-11/h1-7,12-14H,8-10H2/t12-,13-,14+/m0/s1. The number of ketones is 1. The minimum absolute atomic E-state index is 0.135. The van der Waals surface area contributed by atoms with E-state index in [1.165, 1.54) is 5.56 Å². The highest BCUT2D eigenvalue weighted by Gasteiger charge is 2.43. The van der Waals surface area contributed by atoms with Crippen LogP contribution < -0.4 is 0 Å². The molecule has 0 saturated heterocycles. The Labute approximate surface area is 101 Å². The molecule has 17 heavy (non-hydrogen) atoms. The molecule has 2 bridgehead atoms. The monoisotopic (exact) mass is 228 g/mol. The van der Waals surface area contributed by atoms with Gasteiger partial charge in [0, 0.05) is 18.3 Å². The van der Waals surface area contributed by atoms with Crippen LogP contribution in [0.1, 0.15) is 12.0 Å². The molecule has 0 spiro atoms. The molecule has 1 aromatic carbocycles. The SMILES string of the molecule is O=C1C[C@@H]2C=C[C@H]1[C@@H]2COCc1ccccc1. The van der Waals surface area contributed by atoms with E-state index in [9.17, 15) is 4.79 Å². The Hall–Kier alpha value is -1.41. The molecule has 0 unspecified atom stereocenters. The van der Waals surface area contributed by atoms with Gasteiger partial charge in [0.25, 0.3) is 0 Å².